The maximum Gasteiger partial charge on any atom is 0.343 e. The van der Waals surface area contributed by atoms with Gasteiger partial charge in [-0.2, -0.15) is 0 Å². The number of hydrogen-bond acceptors (Lipinski definition) is 6. The van der Waals surface area contributed by atoms with Gasteiger partial charge in [0.15, 0.2) is 5.60 Å². The maximum absolute atomic E-state index is 13.0. The molecule has 0 fully saturated rings. The summed E-state index contributed by atoms with van der Waals surface area (Å²) in [5, 5.41) is 12.4. The molecule has 1 amide bonds. The Morgan fingerprint density at radius 2 is 1.82 bits per heavy atom. The molecule has 0 spiro atoms. The normalized spacial score (nSPS) is 22.2. The first-order valence-corrected chi connectivity index (χ1v) is 13.7. The summed E-state index contributed by atoms with van der Waals surface area (Å²) < 4.78 is 11.3. The summed E-state index contributed by atoms with van der Waals surface area (Å²) in [6.07, 6.45) is 9.25. The van der Waals surface area contributed by atoms with Gasteiger partial charge in [-0.15, -0.1) is 0 Å². The van der Waals surface area contributed by atoms with Gasteiger partial charge < -0.3 is 24.4 Å². The molecule has 2 heterocycles. The Morgan fingerprint density at radius 3 is 2.63 bits per heavy atom. The summed E-state index contributed by atoms with van der Waals surface area (Å²) >= 11 is 6.28. The zero-order valence-corrected chi connectivity index (χ0v) is 23.0. The number of carbonyl (C=O) groups is 2. The highest BCUT2D eigenvalue weighted by Gasteiger charge is 2.43. The van der Waals surface area contributed by atoms with Crippen molar-refractivity contribution in [1.82, 2.24) is 4.90 Å². The lowest BCUT2D eigenvalue weighted by Crippen LogP contribution is -2.42. The predicted octanol–water partition coefficient (Wildman–Crippen LogP) is 5.01. The standard InChI is InChI=1S/C30H37ClN2O5/c1-32-15-7-4-3-5-8-16-33-17-9-6-10-22-18-25(31)13-11-23(22)21-38-27-14-12-24(19-26(27)33)30(36,20-28(32)34)29(35)37-2/h3-4,11-14,18-19,36H,5-10,15-17,20-21H2,1-2H3/b4-3+/t30-/m0/s1. The molecular weight excluding hydrogens is 504 g/mol. The van der Waals surface area contributed by atoms with Crippen molar-refractivity contribution in [3.05, 3.63) is 70.3 Å². The molecule has 204 valence electrons. The minimum atomic E-state index is -2.12. The molecular formula is C30H37ClN2O5. The number of esters is 1. The molecule has 0 aromatic heterocycles. The fourth-order valence-electron chi connectivity index (χ4n) is 5.08. The number of nitrogens with zero attached hydrogens (tertiary/aromatic N) is 2. The van der Waals surface area contributed by atoms with Crippen molar-refractivity contribution in [2.45, 2.75) is 57.2 Å². The third-order valence-corrected chi connectivity index (χ3v) is 7.64. The van der Waals surface area contributed by atoms with Crippen LogP contribution in [0.15, 0.2) is 48.6 Å². The molecule has 0 radical (unpaired) electrons. The van der Waals surface area contributed by atoms with Crippen molar-refractivity contribution in [2.75, 3.05) is 38.7 Å². The number of allylic oxidation sites excluding steroid dienone is 1. The van der Waals surface area contributed by atoms with E-state index >= 15 is 0 Å². The van der Waals surface area contributed by atoms with Gasteiger partial charge in [0.25, 0.3) is 0 Å². The van der Waals surface area contributed by atoms with Crippen LogP contribution in [0.25, 0.3) is 0 Å². The smallest absolute Gasteiger partial charge is 0.343 e. The zero-order valence-electron chi connectivity index (χ0n) is 22.2. The molecule has 2 aliphatic rings. The molecule has 4 rings (SSSR count). The fraction of sp³-hybridized carbons (Fsp3) is 0.467. The Labute approximate surface area is 230 Å². The lowest BCUT2D eigenvalue weighted by Gasteiger charge is -2.31. The zero-order chi connectivity index (χ0) is 27.1. The van der Waals surface area contributed by atoms with E-state index in [1.807, 2.05) is 18.2 Å². The molecule has 0 saturated heterocycles. The van der Waals surface area contributed by atoms with E-state index in [1.165, 1.54) is 12.7 Å². The molecule has 7 nitrogen and oxygen atoms in total. The van der Waals surface area contributed by atoms with Crippen LogP contribution in [0.5, 0.6) is 5.75 Å². The molecule has 2 aliphatic heterocycles. The third kappa shape index (κ3) is 6.51. The van der Waals surface area contributed by atoms with E-state index < -0.39 is 18.0 Å². The number of aliphatic hydroxyl groups is 1. The number of ether oxygens (including phenoxy) is 2. The van der Waals surface area contributed by atoms with Crippen LogP contribution >= 0.6 is 11.6 Å². The molecule has 2 aromatic rings. The quantitative estimate of drug-likeness (QED) is 0.404. The fourth-order valence-corrected chi connectivity index (χ4v) is 5.28. The van der Waals surface area contributed by atoms with Crippen LogP contribution in [0.1, 0.15) is 55.2 Å². The first kappa shape index (κ1) is 28.0. The Kier molecular flexibility index (Phi) is 9.34. The lowest BCUT2D eigenvalue weighted by atomic mass is 9.89. The van der Waals surface area contributed by atoms with E-state index in [9.17, 15) is 14.7 Å². The van der Waals surface area contributed by atoms with Crippen molar-refractivity contribution >= 4 is 29.2 Å². The molecule has 0 unspecified atom stereocenters. The van der Waals surface area contributed by atoms with Crippen LogP contribution in [-0.4, -0.2) is 55.7 Å². The van der Waals surface area contributed by atoms with Crippen molar-refractivity contribution in [3.8, 4) is 5.75 Å². The van der Waals surface area contributed by atoms with Crippen LogP contribution in [0.4, 0.5) is 5.69 Å². The minimum Gasteiger partial charge on any atom is -0.487 e. The second kappa shape index (κ2) is 12.7. The lowest BCUT2D eigenvalue weighted by molar-refractivity contribution is -0.168. The van der Waals surface area contributed by atoms with E-state index in [-0.39, 0.29) is 5.91 Å². The highest BCUT2D eigenvalue weighted by Crippen LogP contribution is 2.37. The number of aryl methyl sites for hydroxylation is 1. The molecule has 2 aromatic carbocycles. The van der Waals surface area contributed by atoms with Gasteiger partial charge in [-0.3, -0.25) is 4.79 Å². The van der Waals surface area contributed by atoms with E-state index in [1.54, 1.807) is 30.1 Å². The molecule has 1 N–H and O–H groups in total. The SMILES string of the molecule is COC(=O)[C@]1(O)CC(=O)N(C)CC/C=C/CCCN2CCCCc3cc(Cl)ccc3COc3ccc1cc32. The van der Waals surface area contributed by atoms with Gasteiger partial charge in [0.05, 0.1) is 19.2 Å². The number of anilines is 1. The number of hydrogen-bond donors (Lipinski definition) is 1. The summed E-state index contributed by atoms with van der Waals surface area (Å²) in [5.41, 5.74) is 1.26. The number of benzene rings is 2. The van der Waals surface area contributed by atoms with Crippen molar-refractivity contribution in [2.24, 2.45) is 0 Å². The van der Waals surface area contributed by atoms with E-state index in [2.05, 4.69) is 17.1 Å². The summed E-state index contributed by atoms with van der Waals surface area (Å²) in [6.45, 7) is 2.46. The van der Waals surface area contributed by atoms with Gasteiger partial charge in [-0.1, -0.05) is 35.9 Å². The molecule has 1 atom stereocenters. The second-order valence-electron chi connectivity index (χ2n) is 10.1. The van der Waals surface area contributed by atoms with Crippen LogP contribution in [0.2, 0.25) is 5.02 Å². The molecule has 0 saturated carbocycles. The van der Waals surface area contributed by atoms with Crippen LogP contribution in [0.3, 0.4) is 0 Å². The topological polar surface area (TPSA) is 79.3 Å². The molecule has 2 bridgehead atoms. The van der Waals surface area contributed by atoms with Crippen molar-refractivity contribution < 1.29 is 24.2 Å². The first-order chi connectivity index (χ1) is 18.3. The van der Waals surface area contributed by atoms with Gasteiger partial charge in [-0.25, -0.2) is 4.79 Å². The summed E-state index contributed by atoms with van der Waals surface area (Å²) in [6, 6.07) is 11.1. The highest BCUT2D eigenvalue weighted by molar-refractivity contribution is 6.30. The van der Waals surface area contributed by atoms with Gasteiger partial charge in [0.2, 0.25) is 5.91 Å². The van der Waals surface area contributed by atoms with Crippen LogP contribution in [0, 0.1) is 0 Å². The Hall–Kier alpha value is -3.03. The van der Waals surface area contributed by atoms with Crippen molar-refractivity contribution in [1.29, 1.82) is 0 Å². The molecule has 8 heteroatoms. The number of fused-ring (bicyclic) bond motifs is 2. The summed E-state index contributed by atoms with van der Waals surface area (Å²) in [7, 11) is 2.90. The van der Waals surface area contributed by atoms with Gasteiger partial charge in [0.1, 0.15) is 12.4 Å². The first-order valence-electron chi connectivity index (χ1n) is 13.3. The number of rotatable bonds is 1. The van der Waals surface area contributed by atoms with E-state index in [4.69, 9.17) is 21.1 Å². The number of methoxy groups -OCH3 is 1. The average molecular weight is 541 g/mol. The van der Waals surface area contributed by atoms with E-state index in [0.717, 1.165) is 56.4 Å². The maximum atomic E-state index is 13.0. The summed E-state index contributed by atoms with van der Waals surface area (Å²) in [5.74, 6) is -0.536. The van der Waals surface area contributed by atoms with Gasteiger partial charge >= 0.3 is 5.97 Å². The Morgan fingerprint density at radius 1 is 1.03 bits per heavy atom. The van der Waals surface area contributed by atoms with E-state index in [0.29, 0.717) is 35.9 Å². The number of halogens is 1. The second-order valence-corrected chi connectivity index (χ2v) is 10.5. The van der Waals surface area contributed by atoms with Crippen LogP contribution in [-0.2, 0) is 33.0 Å². The Bertz CT molecular complexity index is 1180. The third-order valence-electron chi connectivity index (χ3n) is 7.41. The number of amides is 1. The number of carbonyl (C=O) groups excluding carboxylic acids is 2. The Balaban J connectivity index is 1.78. The monoisotopic (exact) mass is 540 g/mol. The summed E-state index contributed by atoms with van der Waals surface area (Å²) in [4.78, 5) is 29.8. The molecule has 38 heavy (non-hydrogen) atoms. The highest BCUT2D eigenvalue weighted by atomic mass is 35.5. The average Bonchev–Trinajstić information content (AvgIpc) is 2.94. The molecule has 0 aliphatic carbocycles. The van der Waals surface area contributed by atoms with Crippen LogP contribution < -0.4 is 9.64 Å². The van der Waals surface area contributed by atoms with Crippen molar-refractivity contribution in [3.63, 3.8) is 0 Å². The largest absolute Gasteiger partial charge is 0.487 e. The van der Waals surface area contributed by atoms with Gasteiger partial charge in [0, 0.05) is 31.7 Å². The minimum absolute atomic E-state index is 0.313. The van der Waals surface area contributed by atoms with Gasteiger partial charge in [-0.05, 0) is 79.5 Å². The predicted molar refractivity (Wildman–Crippen MR) is 149 cm³/mol.